The Morgan fingerprint density at radius 2 is 1.79 bits per heavy atom. The molecule has 4 amide bonds. The van der Waals surface area contributed by atoms with Gasteiger partial charge in [0.25, 0.3) is 5.91 Å². The predicted molar refractivity (Wildman–Crippen MR) is 132 cm³/mol. The second-order valence-corrected chi connectivity index (χ2v) is 10.3. The Hall–Kier alpha value is -3.70. The van der Waals surface area contributed by atoms with Gasteiger partial charge in [0.1, 0.15) is 17.9 Å². The number of amides is 4. The topological polar surface area (TPSA) is 122 Å². The van der Waals surface area contributed by atoms with E-state index in [0.29, 0.717) is 35.4 Å². The summed E-state index contributed by atoms with van der Waals surface area (Å²) in [7, 11) is 0. The number of hydrogen-bond acceptors (Lipinski definition) is 6. The number of nitrogen functional groups attached to an aromatic ring is 1. The first kappa shape index (κ1) is 25.9. The fraction of sp³-hybridized carbons (Fsp3) is 0.500. The Bertz CT molecular complexity index is 1210. The fourth-order valence-corrected chi connectivity index (χ4v) is 6.06. The molecule has 0 spiro atoms. The van der Waals surface area contributed by atoms with Crippen LogP contribution in [-0.4, -0.2) is 57.5 Å². The number of rotatable bonds is 3. The highest BCUT2D eigenvalue weighted by Crippen LogP contribution is 2.40. The number of imide groups is 1. The smallest absolute Gasteiger partial charge is 0.384 e. The molecule has 4 heterocycles. The number of alkyl halides is 3. The van der Waals surface area contributed by atoms with Crippen molar-refractivity contribution >= 4 is 29.4 Å². The van der Waals surface area contributed by atoms with Crippen LogP contribution in [0.3, 0.4) is 0 Å². The molecular formula is C26H29F3N6O3. The molecule has 38 heavy (non-hydrogen) atoms. The first-order valence-electron chi connectivity index (χ1n) is 12.8. The Morgan fingerprint density at radius 1 is 1.03 bits per heavy atom. The highest BCUT2D eigenvalue weighted by atomic mass is 19.4. The Balaban J connectivity index is 1.53. The Morgan fingerprint density at radius 3 is 2.50 bits per heavy atom. The predicted octanol–water partition coefficient (Wildman–Crippen LogP) is 3.31. The molecule has 12 heteroatoms. The summed E-state index contributed by atoms with van der Waals surface area (Å²) in [4.78, 5) is 50.6. The van der Waals surface area contributed by atoms with Crippen LogP contribution in [0.4, 0.5) is 29.5 Å². The third kappa shape index (κ3) is 5.03. The number of nitrogens with zero attached hydrogens (tertiary/aromatic N) is 4. The van der Waals surface area contributed by atoms with Crippen molar-refractivity contribution in [2.24, 2.45) is 17.8 Å². The molecule has 0 aromatic carbocycles. The molecule has 5 rings (SSSR count). The van der Waals surface area contributed by atoms with E-state index in [1.54, 1.807) is 24.3 Å². The van der Waals surface area contributed by atoms with E-state index in [4.69, 9.17) is 5.73 Å². The average Bonchev–Trinajstić information content (AvgIpc) is 2.88. The Labute approximate surface area is 217 Å². The number of carbonyl (C=O) groups is 3. The molecule has 2 aromatic rings. The maximum atomic E-state index is 14.1. The molecule has 1 saturated carbocycles. The van der Waals surface area contributed by atoms with Gasteiger partial charge in [-0.2, -0.15) is 13.2 Å². The van der Waals surface area contributed by atoms with Gasteiger partial charge in [0.2, 0.25) is 5.91 Å². The van der Waals surface area contributed by atoms with Crippen LogP contribution >= 0.6 is 0 Å². The zero-order chi connectivity index (χ0) is 27.0. The van der Waals surface area contributed by atoms with Crippen LogP contribution in [0.2, 0.25) is 0 Å². The SMILES string of the molecule is Nc1cc(C[C@H]2C(=O)N3C(=O)NC(C(F)(F)F)C4CCCC(CCN(c5ccncc5)C(=O)C23)C4)ccn1. The van der Waals surface area contributed by atoms with E-state index in [2.05, 4.69) is 15.3 Å². The highest BCUT2D eigenvalue weighted by molar-refractivity contribution is 6.12. The largest absolute Gasteiger partial charge is 0.408 e. The second kappa shape index (κ2) is 10.2. The van der Waals surface area contributed by atoms with Gasteiger partial charge in [-0.3, -0.25) is 19.5 Å². The lowest BCUT2D eigenvalue weighted by molar-refractivity contribution is -0.172. The second-order valence-electron chi connectivity index (χ2n) is 10.3. The van der Waals surface area contributed by atoms with Crippen LogP contribution in [0.25, 0.3) is 0 Å². The average molecular weight is 531 g/mol. The Kier molecular flexibility index (Phi) is 6.97. The molecule has 0 radical (unpaired) electrons. The number of fused-ring (bicyclic) bond motifs is 3. The molecule has 2 aliphatic heterocycles. The van der Waals surface area contributed by atoms with Gasteiger partial charge in [-0.25, -0.2) is 9.78 Å². The van der Waals surface area contributed by atoms with Crippen molar-refractivity contribution in [3.05, 3.63) is 48.4 Å². The molecule has 2 bridgehead atoms. The van der Waals surface area contributed by atoms with Crippen molar-refractivity contribution in [2.45, 2.75) is 56.8 Å². The number of aromatic nitrogens is 2. The zero-order valence-electron chi connectivity index (χ0n) is 20.6. The van der Waals surface area contributed by atoms with Crippen molar-refractivity contribution in [3.63, 3.8) is 0 Å². The third-order valence-corrected chi connectivity index (χ3v) is 7.91. The quantitative estimate of drug-likeness (QED) is 0.588. The molecule has 2 saturated heterocycles. The number of hydrogen-bond donors (Lipinski definition) is 2. The first-order valence-corrected chi connectivity index (χ1v) is 12.8. The minimum atomic E-state index is -4.68. The van der Waals surface area contributed by atoms with Gasteiger partial charge < -0.3 is 16.0 Å². The summed E-state index contributed by atoms with van der Waals surface area (Å²) in [5.41, 5.74) is 6.95. The van der Waals surface area contributed by atoms with Crippen molar-refractivity contribution in [3.8, 4) is 0 Å². The monoisotopic (exact) mass is 530 g/mol. The number of nitrogens with one attached hydrogen (secondary N) is 1. The highest BCUT2D eigenvalue weighted by Gasteiger charge is 2.57. The number of halogens is 3. The van der Waals surface area contributed by atoms with E-state index in [1.165, 1.54) is 23.5 Å². The van der Waals surface area contributed by atoms with Gasteiger partial charge in [-0.1, -0.05) is 12.8 Å². The maximum absolute atomic E-state index is 14.1. The minimum absolute atomic E-state index is 0.0261. The van der Waals surface area contributed by atoms with Crippen LogP contribution in [0, 0.1) is 17.8 Å². The number of β-lactam (4-membered cyclic amide) rings is 1. The summed E-state index contributed by atoms with van der Waals surface area (Å²) in [6.45, 7) is 0.256. The number of anilines is 2. The van der Waals surface area contributed by atoms with Crippen LogP contribution < -0.4 is 16.0 Å². The van der Waals surface area contributed by atoms with E-state index in [-0.39, 0.29) is 31.1 Å². The molecule has 1 aliphatic carbocycles. The third-order valence-electron chi connectivity index (χ3n) is 7.91. The molecule has 202 valence electrons. The summed E-state index contributed by atoms with van der Waals surface area (Å²) in [5.74, 6) is -2.76. The molecular weight excluding hydrogens is 501 g/mol. The molecule has 3 N–H and O–H groups in total. The van der Waals surface area contributed by atoms with Gasteiger partial charge in [0.15, 0.2) is 0 Å². The zero-order valence-corrected chi connectivity index (χ0v) is 20.6. The van der Waals surface area contributed by atoms with Crippen molar-refractivity contribution < 1.29 is 27.6 Å². The van der Waals surface area contributed by atoms with Crippen LogP contribution in [-0.2, 0) is 16.0 Å². The van der Waals surface area contributed by atoms with E-state index < -0.39 is 47.9 Å². The van der Waals surface area contributed by atoms with Gasteiger partial charge in [-0.05, 0) is 67.3 Å². The molecule has 2 aromatic heterocycles. The van der Waals surface area contributed by atoms with Crippen LogP contribution in [0.5, 0.6) is 0 Å². The standard InChI is InChI=1S/C26H29F3N6O3/c27-26(28,29)22-17-3-1-2-15(12-17)7-11-34(18-5-8-31-9-6-18)24(37)21-19(23(36)35(21)25(38)33-22)13-16-4-10-32-20(30)14-16/h4-6,8-10,14-15,17,19,21-22H,1-3,7,11-13H2,(H2,30,32)(H,33,38)/t15?,17?,19-,21?,22?/m1/s1. The fourth-order valence-electron chi connectivity index (χ4n) is 6.06. The van der Waals surface area contributed by atoms with Crippen LogP contribution in [0.1, 0.15) is 37.7 Å². The van der Waals surface area contributed by atoms with Gasteiger partial charge in [0.05, 0.1) is 5.92 Å². The van der Waals surface area contributed by atoms with E-state index in [1.807, 2.05) is 0 Å². The minimum Gasteiger partial charge on any atom is -0.384 e. The molecule has 5 atom stereocenters. The number of pyridine rings is 2. The van der Waals surface area contributed by atoms with Crippen molar-refractivity contribution in [1.29, 1.82) is 0 Å². The van der Waals surface area contributed by atoms with Crippen LogP contribution in [0.15, 0.2) is 42.9 Å². The number of nitrogens with two attached hydrogens (primary N) is 1. The van der Waals surface area contributed by atoms with E-state index in [0.717, 1.165) is 6.42 Å². The molecule has 3 aliphatic rings. The lowest BCUT2D eigenvalue weighted by atomic mass is 9.75. The molecule has 9 nitrogen and oxygen atoms in total. The van der Waals surface area contributed by atoms with E-state index >= 15 is 0 Å². The van der Waals surface area contributed by atoms with Gasteiger partial charge >= 0.3 is 12.2 Å². The van der Waals surface area contributed by atoms with Crippen molar-refractivity contribution in [2.75, 3.05) is 17.2 Å². The summed E-state index contributed by atoms with van der Waals surface area (Å²) >= 11 is 0. The van der Waals surface area contributed by atoms with Gasteiger partial charge in [0, 0.05) is 30.8 Å². The maximum Gasteiger partial charge on any atom is 0.408 e. The summed E-state index contributed by atoms with van der Waals surface area (Å²) < 4.78 is 42.3. The first-order chi connectivity index (χ1) is 18.1. The lowest BCUT2D eigenvalue weighted by Gasteiger charge is -2.47. The summed E-state index contributed by atoms with van der Waals surface area (Å²) in [6.07, 6.45) is 2.43. The number of carbonyl (C=O) groups excluding carboxylic acids is 3. The number of urea groups is 1. The molecule has 3 fully saturated rings. The van der Waals surface area contributed by atoms with E-state index in [9.17, 15) is 27.6 Å². The van der Waals surface area contributed by atoms with Crippen molar-refractivity contribution in [1.82, 2.24) is 20.2 Å². The normalized spacial score (nSPS) is 28.5. The summed E-state index contributed by atoms with van der Waals surface area (Å²) in [5, 5.41) is 2.09. The summed E-state index contributed by atoms with van der Waals surface area (Å²) in [6, 6.07) is 1.99. The molecule has 4 unspecified atom stereocenters. The van der Waals surface area contributed by atoms with Gasteiger partial charge in [-0.15, -0.1) is 0 Å². The lowest BCUT2D eigenvalue weighted by Crippen LogP contribution is -2.72.